The van der Waals surface area contributed by atoms with Crippen molar-refractivity contribution in [2.24, 2.45) is 5.92 Å². The molecule has 2 atom stereocenters. The van der Waals surface area contributed by atoms with E-state index < -0.39 is 4.97 Å². The molecule has 0 aromatic carbocycles. The highest BCUT2D eigenvalue weighted by atomic mass is 17.2. The molecule has 12 heavy (non-hydrogen) atoms. The molecular weight excluding hydrogens is 158 g/mol. The van der Waals surface area contributed by atoms with Crippen LogP contribution in [0.4, 0.5) is 0 Å². The lowest BCUT2D eigenvalue weighted by Crippen LogP contribution is -2.53. The molecule has 1 N–H and O–H groups in total. The molecule has 1 saturated carbocycles. The third-order valence-corrected chi connectivity index (χ3v) is 3.09. The van der Waals surface area contributed by atoms with Crippen molar-refractivity contribution in [3.05, 3.63) is 0 Å². The summed E-state index contributed by atoms with van der Waals surface area (Å²) in [7, 11) is 2.90. The Bertz CT molecular complexity index is 157. The lowest BCUT2D eigenvalue weighted by Gasteiger charge is -2.29. The molecule has 0 spiro atoms. The van der Waals surface area contributed by atoms with Crippen LogP contribution < -0.4 is 0 Å². The van der Waals surface area contributed by atoms with Gasteiger partial charge in [-0.05, 0) is 0 Å². The summed E-state index contributed by atoms with van der Waals surface area (Å²) in [4.78, 5) is 9.18. The van der Waals surface area contributed by atoms with Gasteiger partial charge >= 0.3 is 0 Å². The van der Waals surface area contributed by atoms with Crippen LogP contribution in [-0.2, 0) is 9.68 Å². The van der Waals surface area contributed by atoms with E-state index in [2.05, 4.69) is 6.92 Å². The predicted octanol–water partition coefficient (Wildman–Crippen LogP) is 1.50. The van der Waals surface area contributed by atoms with Gasteiger partial charge in [-0.15, -0.1) is 14.9 Å². The summed E-state index contributed by atoms with van der Waals surface area (Å²) < 4.78 is 0. The molecule has 1 aliphatic carbocycles. The van der Waals surface area contributed by atoms with Gasteiger partial charge in [-0.1, -0.05) is 13.8 Å². The Morgan fingerprint density at radius 2 is 1.92 bits per heavy atom. The lowest BCUT2D eigenvalue weighted by atomic mass is 10.1. The van der Waals surface area contributed by atoms with Crippen molar-refractivity contribution < 1.29 is 19.9 Å². The highest BCUT2D eigenvalue weighted by Crippen LogP contribution is 2.53. The summed E-state index contributed by atoms with van der Waals surface area (Å²) in [6.45, 7) is 4.12. The SMILES string of the molecule is CCC1([N+](O)(OC)OC)CC1C. The summed E-state index contributed by atoms with van der Waals surface area (Å²) in [5, 5.41) is 9.88. The second-order valence-corrected chi connectivity index (χ2v) is 3.45. The minimum atomic E-state index is -0.718. The third kappa shape index (κ3) is 1.07. The Morgan fingerprint density at radius 3 is 2.00 bits per heavy atom. The van der Waals surface area contributed by atoms with Crippen LogP contribution in [0.15, 0.2) is 0 Å². The van der Waals surface area contributed by atoms with E-state index in [0.29, 0.717) is 5.92 Å². The summed E-state index contributed by atoms with van der Waals surface area (Å²) in [6.07, 6.45) is 1.80. The Kier molecular flexibility index (Phi) is 2.45. The van der Waals surface area contributed by atoms with Crippen molar-refractivity contribution in [1.82, 2.24) is 0 Å². The van der Waals surface area contributed by atoms with Gasteiger partial charge in [0.05, 0.1) is 4.97 Å². The van der Waals surface area contributed by atoms with Crippen LogP contribution in [0.3, 0.4) is 0 Å². The van der Waals surface area contributed by atoms with E-state index in [-0.39, 0.29) is 5.54 Å². The van der Waals surface area contributed by atoms with Crippen molar-refractivity contribution in [3.8, 4) is 0 Å². The first-order chi connectivity index (χ1) is 5.56. The molecule has 72 valence electrons. The third-order valence-electron chi connectivity index (χ3n) is 3.09. The molecule has 4 heteroatoms. The second kappa shape index (κ2) is 2.96. The molecule has 1 aliphatic rings. The molecule has 0 heterocycles. The minimum absolute atomic E-state index is 0.247. The van der Waals surface area contributed by atoms with Crippen molar-refractivity contribution in [2.45, 2.75) is 32.2 Å². The Labute approximate surface area is 73.1 Å². The fraction of sp³-hybridized carbons (Fsp3) is 1.00. The first kappa shape index (κ1) is 9.92. The maximum absolute atomic E-state index is 9.88. The fourth-order valence-electron chi connectivity index (χ4n) is 2.00. The highest BCUT2D eigenvalue weighted by Gasteiger charge is 2.70. The maximum Gasteiger partial charge on any atom is 0.199 e. The Morgan fingerprint density at radius 1 is 1.50 bits per heavy atom. The fourth-order valence-corrected chi connectivity index (χ4v) is 2.00. The second-order valence-electron chi connectivity index (χ2n) is 3.45. The van der Waals surface area contributed by atoms with E-state index in [1.165, 1.54) is 14.2 Å². The molecule has 0 aromatic rings. The van der Waals surface area contributed by atoms with Gasteiger partial charge in [-0.3, -0.25) is 0 Å². The van der Waals surface area contributed by atoms with Crippen LogP contribution in [0.5, 0.6) is 0 Å². The van der Waals surface area contributed by atoms with Crippen molar-refractivity contribution in [3.63, 3.8) is 0 Å². The topological polar surface area (TPSA) is 38.7 Å². The van der Waals surface area contributed by atoms with Gasteiger partial charge in [-0.25, -0.2) is 0 Å². The molecule has 0 aromatic heterocycles. The molecule has 1 rings (SSSR count). The predicted molar refractivity (Wildman–Crippen MR) is 42.9 cm³/mol. The summed E-state index contributed by atoms with van der Waals surface area (Å²) in [5.74, 6) is 0.451. The van der Waals surface area contributed by atoms with E-state index in [1.54, 1.807) is 0 Å². The summed E-state index contributed by atoms with van der Waals surface area (Å²) in [6, 6.07) is 0. The average molecular weight is 176 g/mol. The monoisotopic (exact) mass is 176 g/mol. The van der Waals surface area contributed by atoms with Gasteiger partial charge in [0, 0.05) is 18.8 Å². The summed E-state index contributed by atoms with van der Waals surface area (Å²) in [5.41, 5.74) is -0.247. The lowest BCUT2D eigenvalue weighted by molar-refractivity contribution is -1.38. The van der Waals surface area contributed by atoms with Crippen LogP contribution in [-0.4, -0.2) is 29.9 Å². The Hall–Kier alpha value is -0.160. The van der Waals surface area contributed by atoms with Gasteiger partial charge in [0.2, 0.25) is 0 Å². The zero-order valence-electron chi connectivity index (χ0n) is 8.20. The average Bonchev–Trinajstić information content (AvgIpc) is 2.77. The quantitative estimate of drug-likeness (QED) is 0.521. The summed E-state index contributed by atoms with van der Waals surface area (Å²) >= 11 is 0. The van der Waals surface area contributed by atoms with Crippen LogP contribution >= 0.6 is 0 Å². The maximum atomic E-state index is 9.88. The molecule has 0 aliphatic heterocycles. The zero-order valence-corrected chi connectivity index (χ0v) is 8.20. The van der Waals surface area contributed by atoms with E-state index in [4.69, 9.17) is 9.68 Å². The highest BCUT2D eigenvalue weighted by molar-refractivity contribution is 4.99. The molecular formula is C8H18NO3+. The first-order valence-electron chi connectivity index (χ1n) is 4.29. The molecule has 2 unspecified atom stereocenters. The first-order valence-corrected chi connectivity index (χ1v) is 4.29. The number of hydrogen-bond acceptors (Lipinski definition) is 3. The van der Waals surface area contributed by atoms with Crippen molar-refractivity contribution in [1.29, 1.82) is 0 Å². The van der Waals surface area contributed by atoms with Crippen LogP contribution in [0.25, 0.3) is 0 Å². The van der Waals surface area contributed by atoms with Gasteiger partial charge in [0.1, 0.15) is 14.2 Å². The van der Waals surface area contributed by atoms with Gasteiger partial charge in [-0.2, -0.15) is 0 Å². The van der Waals surface area contributed by atoms with Crippen LogP contribution in [0.2, 0.25) is 0 Å². The van der Waals surface area contributed by atoms with Gasteiger partial charge in [0.15, 0.2) is 5.54 Å². The normalized spacial score (nSPS) is 35.2. The smallest absolute Gasteiger partial charge is 0.145 e. The van der Waals surface area contributed by atoms with Gasteiger partial charge < -0.3 is 0 Å². The molecule has 0 amide bonds. The van der Waals surface area contributed by atoms with E-state index in [9.17, 15) is 5.21 Å². The van der Waals surface area contributed by atoms with E-state index >= 15 is 0 Å². The van der Waals surface area contributed by atoms with Crippen LogP contribution in [0.1, 0.15) is 26.7 Å². The molecule has 0 bridgehead atoms. The zero-order chi connectivity index (χ0) is 9.41. The molecule has 0 saturated heterocycles. The van der Waals surface area contributed by atoms with E-state index in [1.807, 2.05) is 6.92 Å². The number of hydrogen-bond donors (Lipinski definition) is 1. The van der Waals surface area contributed by atoms with Crippen molar-refractivity contribution >= 4 is 0 Å². The van der Waals surface area contributed by atoms with Gasteiger partial charge in [0.25, 0.3) is 0 Å². The van der Waals surface area contributed by atoms with Crippen molar-refractivity contribution in [2.75, 3.05) is 14.2 Å². The van der Waals surface area contributed by atoms with E-state index in [0.717, 1.165) is 12.8 Å². The largest absolute Gasteiger partial charge is 0.199 e. The number of quaternary nitrogens is 1. The molecule has 0 radical (unpaired) electrons. The van der Waals surface area contributed by atoms with Crippen LogP contribution in [0, 0.1) is 5.92 Å². The molecule has 4 nitrogen and oxygen atoms in total. The standard InChI is InChI=1S/C8H18NO3/c1-5-8(6-7(8)2)9(10,11-3)12-4/h7,10H,5-6H2,1-4H3/q+1. The number of nitrogens with zero attached hydrogens (tertiary/aromatic N) is 1. The molecule has 1 fully saturated rings. The Balaban J connectivity index is 2.78. The number of hydroxylamine groups is 3. The number of rotatable bonds is 4. The minimum Gasteiger partial charge on any atom is -0.145 e.